The largest absolute Gasteiger partial charge is 0.508 e. The number of benzene rings is 4. The number of H-pyrrole nitrogens is 2. The maximum absolute atomic E-state index is 11.2. The van der Waals surface area contributed by atoms with Crippen molar-refractivity contribution < 1.29 is 20.4 Å². The summed E-state index contributed by atoms with van der Waals surface area (Å²) in [7, 11) is 0. The van der Waals surface area contributed by atoms with Crippen molar-refractivity contribution in [2.24, 2.45) is 0 Å². The van der Waals surface area contributed by atoms with Gasteiger partial charge in [-0.1, -0.05) is 60.7 Å². The summed E-state index contributed by atoms with van der Waals surface area (Å²) in [5, 5.41) is 42.7. The molecule has 2 aliphatic rings. The van der Waals surface area contributed by atoms with E-state index in [9.17, 15) is 20.4 Å². The van der Waals surface area contributed by atoms with Crippen molar-refractivity contribution >= 4 is 46.4 Å². The Morgan fingerprint density at radius 1 is 0.365 bits per heavy atom. The second kappa shape index (κ2) is 12.2. The normalized spacial score (nSPS) is 12.0. The number of hydrogen-bond donors (Lipinski definition) is 6. The molecule has 0 amide bonds. The molecule has 0 aliphatic carbocycles. The van der Waals surface area contributed by atoms with Crippen LogP contribution in [0.25, 0.3) is 90.9 Å². The molecule has 9 rings (SSSR count). The molecule has 0 saturated heterocycles. The molecule has 0 unspecified atom stereocenters. The average molecular weight is 679 g/mol. The molecule has 8 bridgehead atoms. The molecule has 250 valence electrons. The van der Waals surface area contributed by atoms with Crippen LogP contribution in [-0.4, -0.2) is 40.4 Å². The molecular weight excluding hydrogens is 649 g/mol. The van der Waals surface area contributed by atoms with Gasteiger partial charge in [0.2, 0.25) is 0 Å². The summed E-state index contributed by atoms with van der Waals surface area (Å²) in [5.74, 6) is -0.256. The van der Waals surface area contributed by atoms with Crippen LogP contribution in [0.5, 0.6) is 23.0 Å². The molecule has 4 aromatic carbocycles. The number of aromatic hydroxyl groups is 4. The molecule has 0 fully saturated rings. The van der Waals surface area contributed by atoms with E-state index in [4.69, 9.17) is 9.97 Å². The summed E-state index contributed by atoms with van der Waals surface area (Å²) >= 11 is 0. The predicted octanol–water partition coefficient (Wildman–Crippen LogP) is 10.1. The molecule has 0 saturated carbocycles. The zero-order valence-corrected chi connectivity index (χ0v) is 27.5. The quantitative estimate of drug-likeness (QED) is 0.110. The number of phenols is 4. The topological polar surface area (TPSA) is 138 Å². The van der Waals surface area contributed by atoms with Crippen LogP contribution in [-0.2, 0) is 0 Å². The molecule has 0 spiro atoms. The Morgan fingerprint density at radius 3 is 1.08 bits per heavy atom. The smallest absolute Gasteiger partial charge is 0.127 e. The van der Waals surface area contributed by atoms with Gasteiger partial charge in [-0.05, 0) is 84.0 Å². The van der Waals surface area contributed by atoms with Crippen molar-refractivity contribution in [2.75, 3.05) is 0 Å². The van der Waals surface area contributed by atoms with Gasteiger partial charge in [0.1, 0.15) is 23.0 Å². The molecule has 8 nitrogen and oxygen atoms in total. The van der Waals surface area contributed by atoms with E-state index in [0.717, 1.165) is 33.3 Å². The van der Waals surface area contributed by atoms with Crippen LogP contribution in [0.15, 0.2) is 121 Å². The number of nitrogens with one attached hydrogen (secondary N) is 2. The van der Waals surface area contributed by atoms with E-state index >= 15 is 0 Å². The van der Waals surface area contributed by atoms with Gasteiger partial charge in [-0.2, -0.15) is 0 Å². The fourth-order valence-electron chi connectivity index (χ4n) is 7.05. The zero-order valence-electron chi connectivity index (χ0n) is 27.5. The van der Waals surface area contributed by atoms with Gasteiger partial charge in [-0.3, -0.25) is 0 Å². The van der Waals surface area contributed by atoms with E-state index in [-0.39, 0.29) is 23.0 Å². The van der Waals surface area contributed by atoms with E-state index in [2.05, 4.69) is 9.97 Å². The van der Waals surface area contributed by atoms with E-state index < -0.39 is 0 Å². The van der Waals surface area contributed by atoms with Crippen LogP contribution in [0, 0.1) is 0 Å². The standard InChI is InChI=1S/C44H30N4O4/c49-27-11-13-29(39(51)23-27)43-35-19-15-31(45-35)41(25-7-3-1-4-8-25)32-16-20-36(46-32)44(30-14-12-28(50)24-40(30)52)38-22-18-34(48-38)42(26-9-5-2-6-10-26)33-17-21-37(43)47-33/h1-24,45,48-52H. The highest BCUT2D eigenvalue weighted by atomic mass is 16.3. The molecule has 6 N–H and O–H groups in total. The Labute approximate surface area is 297 Å². The number of aromatic amines is 2. The number of nitrogens with zero attached hydrogens (tertiary/aromatic N) is 2. The third kappa shape index (κ3) is 5.26. The molecule has 52 heavy (non-hydrogen) atoms. The van der Waals surface area contributed by atoms with E-state index in [0.29, 0.717) is 56.1 Å². The summed E-state index contributed by atoms with van der Waals surface area (Å²) in [6, 6.07) is 37.0. The third-order valence-electron chi connectivity index (χ3n) is 9.38. The molecule has 0 atom stereocenters. The first-order valence-electron chi connectivity index (χ1n) is 16.7. The Kier molecular flexibility index (Phi) is 7.22. The molecule has 0 radical (unpaired) electrons. The van der Waals surface area contributed by atoms with Crippen LogP contribution in [0.1, 0.15) is 22.8 Å². The van der Waals surface area contributed by atoms with Gasteiger partial charge in [-0.15, -0.1) is 0 Å². The van der Waals surface area contributed by atoms with Crippen molar-refractivity contribution in [1.29, 1.82) is 0 Å². The first-order chi connectivity index (χ1) is 25.4. The number of aromatic nitrogens is 4. The molecule has 2 aliphatic heterocycles. The summed E-state index contributed by atoms with van der Waals surface area (Å²) in [6.45, 7) is 0. The highest BCUT2D eigenvalue weighted by Crippen LogP contribution is 2.42. The van der Waals surface area contributed by atoms with Gasteiger partial charge in [0.15, 0.2) is 0 Å². The molecule has 7 aromatic rings. The highest BCUT2D eigenvalue weighted by Gasteiger charge is 2.21. The second-order valence-corrected chi connectivity index (χ2v) is 12.6. The lowest BCUT2D eigenvalue weighted by Crippen LogP contribution is -1.90. The minimum atomic E-state index is -0.0819. The van der Waals surface area contributed by atoms with Gasteiger partial charge in [-0.25, -0.2) is 9.97 Å². The Bertz CT molecular complexity index is 2590. The zero-order chi connectivity index (χ0) is 35.3. The van der Waals surface area contributed by atoms with Gasteiger partial charge in [0.05, 0.1) is 22.8 Å². The van der Waals surface area contributed by atoms with Crippen molar-refractivity contribution in [3.05, 3.63) is 144 Å². The van der Waals surface area contributed by atoms with Crippen molar-refractivity contribution in [3.8, 4) is 67.5 Å². The van der Waals surface area contributed by atoms with Crippen LogP contribution < -0.4 is 0 Å². The van der Waals surface area contributed by atoms with Gasteiger partial charge in [0, 0.05) is 67.6 Å². The minimum absolute atomic E-state index is 0.0461. The van der Waals surface area contributed by atoms with Gasteiger partial charge >= 0.3 is 0 Å². The number of fused-ring (bicyclic) bond motifs is 8. The van der Waals surface area contributed by atoms with Gasteiger partial charge < -0.3 is 30.4 Å². The number of hydrogen-bond acceptors (Lipinski definition) is 6. The van der Waals surface area contributed by atoms with E-state index in [1.54, 1.807) is 24.3 Å². The predicted molar refractivity (Wildman–Crippen MR) is 207 cm³/mol. The maximum atomic E-state index is 11.2. The number of phenolic OH excluding ortho intramolecular Hbond substituents is 4. The van der Waals surface area contributed by atoms with Crippen molar-refractivity contribution in [3.63, 3.8) is 0 Å². The first kappa shape index (κ1) is 30.7. The lowest BCUT2D eigenvalue weighted by molar-refractivity contribution is 0.451. The fourth-order valence-corrected chi connectivity index (χ4v) is 7.05. The third-order valence-corrected chi connectivity index (χ3v) is 9.38. The van der Waals surface area contributed by atoms with Gasteiger partial charge in [0.25, 0.3) is 0 Å². The lowest BCUT2D eigenvalue weighted by Gasteiger charge is -2.08. The first-order valence-corrected chi connectivity index (χ1v) is 16.7. The average Bonchev–Trinajstić information content (AvgIpc) is 3.98. The Balaban J connectivity index is 1.49. The van der Waals surface area contributed by atoms with Crippen LogP contribution in [0.3, 0.4) is 0 Å². The number of rotatable bonds is 4. The second-order valence-electron chi connectivity index (χ2n) is 12.6. The van der Waals surface area contributed by atoms with Crippen molar-refractivity contribution in [2.45, 2.75) is 0 Å². The molecule has 5 heterocycles. The summed E-state index contributed by atoms with van der Waals surface area (Å²) in [6.07, 6.45) is 7.78. The maximum Gasteiger partial charge on any atom is 0.127 e. The molecule has 3 aromatic heterocycles. The summed E-state index contributed by atoms with van der Waals surface area (Å²) in [4.78, 5) is 17.6. The lowest BCUT2D eigenvalue weighted by atomic mass is 10.0. The van der Waals surface area contributed by atoms with Crippen LogP contribution in [0.4, 0.5) is 0 Å². The Hall–Kier alpha value is -7.32. The summed E-state index contributed by atoms with van der Waals surface area (Å²) in [5.41, 5.74) is 11.5. The minimum Gasteiger partial charge on any atom is -0.508 e. The van der Waals surface area contributed by atoms with E-state index in [1.165, 1.54) is 12.1 Å². The SMILES string of the molecule is Oc1ccc(-c2c3nc(c(-c4ccccc4)c4ccc([nH]4)c(-c4ccc(O)cc4O)c4nc(c(-c5ccccc5)c5ccc2[nH]5)C=C4)C=C3)c(O)c1. The van der Waals surface area contributed by atoms with Crippen molar-refractivity contribution in [1.82, 2.24) is 19.9 Å². The van der Waals surface area contributed by atoms with E-state index in [1.807, 2.05) is 109 Å². The van der Waals surface area contributed by atoms with Crippen LogP contribution >= 0.6 is 0 Å². The highest BCUT2D eigenvalue weighted by molar-refractivity contribution is 6.00. The molecular formula is C44H30N4O4. The molecule has 8 heteroatoms. The monoisotopic (exact) mass is 678 g/mol. The fraction of sp³-hybridized carbons (Fsp3) is 0. The Morgan fingerprint density at radius 2 is 0.712 bits per heavy atom. The summed E-state index contributed by atoms with van der Waals surface area (Å²) < 4.78 is 0. The van der Waals surface area contributed by atoms with Crippen LogP contribution in [0.2, 0.25) is 0 Å².